The van der Waals surface area contributed by atoms with Gasteiger partial charge in [-0.05, 0) is 59.4 Å². The molecule has 0 saturated carbocycles. The Bertz CT molecular complexity index is 1650. The second-order valence-electron chi connectivity index (χ2n) is 10.2. The Morgan fingerprint density at radius 2 is 1.60 bits per heavy atom. The second kappa shape index (κ2) is 11.2. The molecule has 4 aromatic rings. The van der Waals surface area contributed by atoms with Gasteiger partial charge in [0.15, 0.2) is 0 Å². The molecule has 0 spiro atoms. The predicted molar refractivity (Wildman–Crippen MR) is 155 cm³/mol. The molecule has 0 radical (unpaired) electrons. The van der Waals surface area contributed by atoms with Crippen LogP contribution in [0.1, 0.15) is 29.5 Å². The molecule has 206 valence electrons. The maximum Gasteiger partial charge on any atom is 0.241 e. The SMILES string of the molecule is N=C(N)c1cccc(C[C@H](NS(=O)(=O)c2ccc3ccccc3c2)C(=O)N2CCC(O)(c3ccccc3)CC2)c1. The molecule has 0 bridgehead atoms. The van der Waals surface area contributed by atoms with E-state index in [1.165, 1.54) is 6.07 Å². The quantitative estimate of drug-likeness (QED) is 0.194. The summed E-state index contributed by atoms with van der Waals surface area (Å²) < 4.78 is 29.8. The van der Waals surface area contributed by atoms with Crippen molar-refractivity contribution in [1.82, 2.24) is 9.62 Å². The minimum atomic E-state index is -4.06. The van der Waals surface area contributed by atoms with Gasteiger partial charge in [0.2, 0.25) is 15.9 Å². The lowest BCUT2D eigenvalue weighted by molar-refractivity contribution is -0.137. The number of amides is 1. The molecule has 1 saturated heterocycles. The number of fused-ring (bicyclic) bond motifs is 1. The zero-order valence-corrected chi connectivity index (χ0v) is 22.8. The molecule has 0 aromatic heterocycles. The fourth-order valence-electron chi connectivity index (χ4n) is 5.23. The summed E-state index contributed by atoms with van der Waals surface area (Å²) in [6.45, 7) is 0.567. The van der Waals surface area contributed by atoms with Crippen molar-refractivity contribution in [2.75, 3.05) is 13.1 Å². The third kappa shape index (κ3) is 5.91. The van der Waals surface area contributed by atoms with Crippen molar-refractivity contribution in [3.05, 3.63) is 114 Å². The number of nitrogens with zero attached hydrogens (tertiary/aromatic N) is 1. The first-order chi connectivity index (χ1) is 19.1. The highest BCUT2D eigenvalue weighted by Crippen LogP contribution is 2.33. The van der Waals surface area contributed by atoms with Crippen LogP contribution in [-0.4, -0.2) is 49.3 Å². The Balaban J connectivity index is 1.41. The zero-order chi connectivity index (χ0) is 28.3. The first-order valence-electron chi connectivity index (χ1n) is 13.2. The van der Waals surface area contributed by atoms with Crippen LogP contribution in [0.15, 0.2) is 102 Å². The molecule has 40 heavy (non-hydrogen) atoms. The van der Waals surface area contributed by atoms with Gasteiger partial charge in [-0.1, -0.05) is 78.9 Å². The van der Waals surface area contributed by atoms with E-state index in [9.17, 15) is 18.3 Å². The first kappa shape index (κ1) is 27.5. The lowest BCUT2D eigenvalue weighted by Gasteiger charge is -2.39. The second-order valence-corrected chi connectivity index (χ2v) is 11.9. The van der Waals surface area contributed by atoms with Gasteiger partial charge in [0.25, 0.3) is 0 Å². The number of nitrogens with one attached hydrogen (secondary N) is 2. The number of aliphatic hydroxyl groups is 1. The van der Waals surface area contributed by atoms with Crippen molar-refractivity contribution in [3.8, 4) is 0 Å². The highest BCUT2D eigenvalue weighted by atomic mass is 32.2. The molecular formula is C31H32N4O4S. The first-order valence-corrected chi connectivity index (χ1v) is 14.6. The lowest BCUT2D eigenvalue weighted by Crippen LogP contribution is -2.53. The van der Waals surface area contributed by atoms with Crippen LogP contribution in [0.4, 0.5) is 0 Å². The molecule has 4 aromatic carbocycles. The van der Waals surface area contributed by atoms with E-state index in [4.69, 9.17) is 11.1 Å². The van der Waals surface area contributed by atoms with E-state index in [1.54, 1.807) is 41.3 Å². The van der Waals surface area contributed by atoms with Crippen molar-refractivity contribution < 1.29 is 18.3 Å². The number of carbonyl (C=O) groups is 1. The summed E-state index contributed by atoms with van der Waals surface area (Å²) in [6.07, 6.45) is 0.756. The van der Waals surface area contributed by atoms with Crippen LogP contribution in [-0.2, 0) is 26.8 Å². The van der Waals surface area contributed by atoms with Gasteiger partial charge in [0.1, 0.15) is 11.9 Å². The lowest BCUT2D eigenvalue weighted by atomic mass is 9.84. The van der Waals surface area contributed by atoms with Crippen LogP contribution in [0.25, 0.3) is 10.8 Å². The van der Waals surface area contributed by atoms with E-state index in [0.717, 1.165) is 16.3 Å². The average molecular weight is 557 g/mol. The summed E-state index contributed by atoms with van der Waals surface area (Å²) in [5.41, 5.74) is 6.58. The number of hydrogen-bond acceptors (Lipinski definition) is 5. The molecule has 1 aliphatic rings. The van der Waals surface area contributed by atoms with Crippen LogP contribution >= 0.6 is 0 Å². The Kier molecular flexibility index (Phi) is 7.71. The number of nitrogen functional groups attached to an aromatic ring is 1. The van der Waals surface area contributed by atoms with Crippen LogP contribution < -0.4 is 10.5 Å². The van der Waals surface area contributed by atoms with Crippen molar-refractivity contribution in [3.63, 3.8) is 0 Å². The molecule has 1 amide bonds. The minimum absolute atomic E-state index is 0.0681. The van der Waals surface area contributed by atoms with Crippen LogP contribution in [0.3, 0.4) is 0 Å². The standard InChI is InChI=1S/C31H32N4O4S/c32-29(33)25-10-6-7-22(19-25)20-28(34-40(38,39)27-14-13-23-8-4-5-9-24(23)21-27)30(36)35-17-15-31(37,16-18-35)26-11-2-1-3-12-26/h1-14,19,21,28,34,37H,15-18,20H2,(H3,32,33)/t28-/m0/s1. The largest absolute Gasteiger partial charge is 0.385 e. The summed E-state index contributed by atoms with van der Waals surface area (Å²) >= 11 is 0. The topological polar surface area (TPSA) is 137 Å². The maximum atomic E-state index is 13.8. The van der Waals surface area contributed by atoms with E-state index in [1.807, 2.05) is 54.6 Å². The van der Waals surface area contributed by atoms with Crippen molar-refractivity contribution in [2.24, 2.45) is 5.73 Å². The van der Waals surface area contributed by atoms with E-state index in [0.29, 0.717) is 24.0 Å². The molecule has 1 aliphatic heterocycles. The van der Waals surface area contributed by atoms with E-state index < -0.39 is 21.7 Å². The highest BCUT2D eigenvalue weighted by molar-refractivity contribution is 7.89. The molecule has 9 heteroatoms. The number of carbonyl (C=O) groups excluding carboxylic acids is 1. The van der Waals surface area contributed by atoms with Crippen LogP contribution in [0.5, 0.6) is 0 Å². The van der Waals surface area contributed by atoms with Crippen molar-refractivity contribution in [1.29, 1.82) is 5.41 Å². The van der Waals surface area contributed by atoms with Gasteiger partial charge < -0.3 is 15.7 Å². The summed E-state index contributed by atoms with van der Waals surface area (Å²) in [7, 11) is -4.06. The van der Waals surface area contributed by atoms with Gasteiger partial charge >= 0.3 is 0 Å². The monoisotopic (exact) mass is 556 g/mol. The highest BCUT2D eigenvalue weighted by Gasteiger charge is 2.38. The number of amidine groups is 1. The Morgan fingerprint density at radius 1 is 0.925 bits per heavy atom. The van der Waals surface area contributed by atoms with Gasteiger partial charge in [0.05, 0.1) is 10.5 Å². The smallest absolute Gasteiger partial charge is 0.241 e. The van der Waals surface area contributed by atoms with E-state index in [-0.39, 0.29) is 36.1 Å². The van der Waals surface area contributed by atoms with Gasteiger partial charge in [-0.25, -0.2) is 8.42 Å². The van der Waals surface area contributed by atoms with Gasteiger partial charge in [-0.15, -0.1) is 0 Å². The van der Waals surface area contributed by atoms with E-state index >= 15 is 0 Å². The Labute approximate surface area is 234 Å². The fraction of sp³-hybridized carbons (Fsp3) is 0.226. The minimum Gasteiger partial charge on any atom is -0.385 e. The number of hydrogen-bond donors (Lipinski definition) is 4. The number of sulfonamides is 1. The molecule has 5 N–H and O–H groups in total. The summed E-state index contributed by atoms with van der Waals surface area (Å²) in [5.74, 6) is -0.481. The number of piperidine rings is 1. The Hall–Kier alpha value is -4.05. The van der Waals surface area contributed by atoms with Crippen LogP contribution in [0, 0.1) is 5.41 Å². The summed E-state index contributed by atoms with van der Waals surface area (Å²) in [5, 5.41) is 20.7. The van der Waals surface area contributed by atoms with Gasteiger partial charge in [0, 0.05) is 18.7 Å². The molecule has 8 nitrogen and oxygen atoms in total. The summed E-state index contributed by atoms with van der Waals surface area (Å²) in [4.78, 5) is 15.5. The maximum absolute atomic E-state index is 13.8. The normalized spacial score (nSPS) is 16.0. The summed E-state index contributed by atoms with van der Waals surface area (Å²) in [6, 6.07) is 27.5. The predicted octanol–water partition coefficient (Wildman–Crippen LogP) is 3.52. The van der Waals surface area contributed by atoms with Gasteiger partial charge in [-0.3, -0.25) is 10.2 Å². The zero-order valence-electron chi connectivity index (χ0n) is 22.0. The molecule has 0 aliphatic carbocycles. The number of nitrogens with two attached hydrogens (primary N) is 1. The number of benzene rings is 4. The molecule has 1 fully saturated rings. The molecule has 1 heterocycles. The Morgan fingerprint density at radius 3 is 2.30 bits per heavy atom. The third-order valence-corrected chi connectivity index (χ3v) is 8.99. The van der Waals surface area contributed by atoms with Gasteiger partial charge in [-0.2, -0.15) is 4.72 Å². The average Bonchev–Trinajstić information content (AvgIpc) is 2.97. The third-order valence-electron chi connectivity index (χ3n) is 7.52. The van der Waals surface area contributed by atoms with Crippen molar-refractivity contribution >= 4 is 32.5 Å². The fourth-order valence-corrected chi connectivity index (χ4v) is 6.45. The molecular weight excluding hydrogens is 524 g/mol. The number of rotatable bonds is 8. The molecule has 0 unspecified atom stereocenters. The number of likely N-dealkylation sites (tertiary alicyclic amines) is 1. The molecule has 5 rings (SSSR count). The van der Waals surface area contributed by atoms with Crippen LogP contribution in [0.2, 0.25) is 0 Å². The molecule has 1 atom stereocenters. The van der Waals surface area contributed by atoms with E-state index in [2.05, 4.69) is 4.72 Å². The van der Waals surface area contributed by atoms with Crippen molar-refractivity contribution in [2.45, 2.75) is 35.8 Å².